The predicted molar refractivity (Wildman–Crippen MR) is 76.4 cm³/mol. The Morgan fingerprint density at radius 3 is 2.24 bits per heavy atom. The van der Waals surface area contributed by atoms with Gasteiger partial charge in [-0.2, -0.15) is 0 Å². The Hall–Kier alpha value is -0.260. The molecule has 17 heavy (non-hydrogen) atoms. The van der Waals surface area contributed by atoms with Gasteiger partial charge in [-0.3, -0.25) is 0 Å². The average Bonchev–Trinajstić information content (AvgIpc) is 2.24. The lowest BCUT2D eigenvalue weighted by Gasteiger charge is -2.29. The van der Waals surface area contributed by atoms with E-state index in [0.29, 0.717) is 10.2 Å². The summed E-state index contributed by atoms with van der Waals surface area (Å²) in [5, 5.41) is 9.84. The summed E-state index contributed by atoms with van der Waals surface area (Å²) in [6.45, 7) is 6.20. The maximum Gasteiger partial charge on any atom is 0.173 e. The molecule has 3 nitrogen and oxygen atoms in total. The zero-order chi connectivity index (χ0) is 13.4. The van der Waals surface area contributed by atoms with Gasteiger partial charge in [-0.15, -0.1) is 0 Å². The van der Waals surface area contributed by atoms with E-state index in [1.54, 1.807) is 6.07 Å². The minimum atomic E-state index is -0.164. The summed E-state index contributed by atoms with van der Waals surface area (Å²) in [7, 11) is 1.52. The van der Waals surface area contributed by atoms with E-state index in [4.69, 9.17) is 10.5 Å². The molecule has 1 aromatic rings. The highest BCUT2D eigenvalue weighted by molar-refractivity contribution is 9.13. The van der Waals surface area contributed by atoms with Crippen molar-refractivity contribution in [1.29, 1.82) is 0 Å². The van der Waals surface area contributed by atoms with Crippen LogP contribution in [0.1, 0.15) is 32.4 Å². The van der Waals surface area contributed by atoms with Crippen LogP contribution < -0.4 is 10.5 Å². The van der Waals surface area contributed by atoms with Crippen LogP contribution in [-0.2, 0) is 0 Å². The Morgan fingerprint density at radius 2 is 1.82 bits per heavy atom. The Kier molecular flexibility index (Phi) is 4.49. The molecule has 0 aliphatic rings. The molecule has 1 aromatic carbocycles. The molecule has 0 saturated carbocycles. The van der Waals surface area contributed by atoms with Crippen molar-refractivity contribution in [3.8, 4) is 11.5 Å². The van der Waals surface area contributed by atoms with E-state index >= 15 is 0 Å². The number of ether oxygens (including phenoxy) is 1. The molecule has 0 aliphatic heterocycles. The maximum absolute atomic E-state index is 9.84. The Morgan fingerprint density at radius 1 is 1.29 bits per heavy atom. The van der Waals surface area contributed by atoms with Gasteiger partial charge in [0, 0.05) is 10.5 Å². The molecule has 1 rings (SSSR count). The van der Waals surface area contributed by atoms with Crippen LogP contribution in [0.3, 0.4) is 0 Å². The standard InChI is InChI=1S/C12H17Br2NO2/c1-12(2,3)11(15)6-5-7(17-4)10(16)9(14)8(6)13/h5,11,16H,15H2,1-4H3/t11-/m1/s1. The van der Waals surface area contributed by atoms with E-state index in [1.807, 2.05) is 0 Å². The summed E-state index contributed by atoms with van der Waals surface area (Å²) in [4.78, 5) is 0. The molecule has 0 radical (unpaired) electrons. The second-order valence-corrected chi connectivity index (χ2v) is 6.57. The summed E-state index contributed by atoms with van der Waals surface area (Å²) < 4.78 is 6.45. The molecule has 0 unspecified atom stereocenters. The first-order chi connectivity index (χ1) is 7.70. The van der Waals surface area contributed by atoms with Crippen LogP contribution in [0.15, 0.2) is 15.0 Å². The largest absolute Gasteiger partial charge is 0.503 e. The first-order valence-corrected chi connectivity index (χ1v) is 6.79. The van der Waals surface area contributed by atoms with Crippen LogP contribution in [0.5, 0.6) is 11.5 Å². The second-order valence-electron chi connectivity index (χ2n) is 4.99. The van der Waals surface area contributed by atoms with E-state index in [9.17, 15) is 5.11 Å². The van der Waals surface area contributed by atoms with Crippen molar-refractivity contribution in [3.05, 3.63) is 20.6 Å². The van der Waals surface area contributed by atoms with Gasteiger partial charge in [-0.1, -0.05) is 20.8 Å². The van der Waals surface area contributed by atoms with Crippen LogP contribution >= 0.6 is 31.9 Å². The van der Waals surface area contributed by atoms with E-state index < -0.39 is 0 Å². The number of phenolic OH excluding ortho intramolecular Hbond substituents is 1. The highest BCUT2D eigenvalue weighted by Crippen LogP contribution is 2.45. The van der Waals surface area contributed by atoms with Crippen LogP contribution in [0, 0.1) is 5.41 Å². The Balaban J connectivity index is 3.40. The fourth-order valence-electron chi connectivity index (χ4n) is 1.46. The number of phenols is 1. The molecule has 1 atom stereocenters. The highest BCUT2D eigenvalue weighted by atomic mass is 79.9. The molecule has 0 aliphatic carbocycles. The van der Waals surface area contributed by atoms with Gasteiger partial charge >= 0.3 is 0 Å². The first kappa shape index (κ1) is 14.8. The Bertz CT molecular complexity index is 427. The molecular formula is C12H17Br2NO2. The third kappa shape index (κ3) is 2.95. The van der Waals surface area contributed by atoms with Gasteiger partial charge in [0.1, 0.15) is 0 Å². The predicted octanol–water partition coefficient (Wildman–Crippen LogP) is 3.97. The minimum absolute atomic E-state index is 0.0734. The topological polar surface area (TPSA) is 55.5 Å². The number of rotatable bonds is 2. The van der Waals surface area contributed by atoms with E-state index in [2.05, 4.69) is 52.6 Å². The summed E-state index contributed by atoms with van der Waals surface area (Å²) in [5.74, 6) is 0.485. The third-order valence-electron chi connectivity index (χ3n) is 2.66. The van der Waals surface area contributed by atoms with Crippen LogP contribution in [0.25, 0.3) is 0 Å². The summed E-state index contributed by atoms with van der Waals surface area (Å²) in [6, 6.07) is 1.60. The molecule has 0 bridgehead atoms. The van der Waals surface area contributed by atoms with Crippen LogP contribution in [0.4, 0.5) is 0 Å². The number of nitrogens with two attached hydrogens (primary N) is 1. The van der Waals surface area contributed by atoms with Gasteiger partial charge in [-0.25, -0.2) is 0 Å². The molecule has 5 heteroatoms. The molecule has 96 valence electrons. The number of halogens is 2. The van der Waals surface area contributed by atoms with E-state index in [0.717, 1.165) is 10.0 Å². The van der Waals surface area contributed by atoms with Gasteiger partial charge < -0.3 is 15.6 Å². The number of methoxy groups -OCH3 is 1. The zero-order valence-corrected chi connectivity index (χ0v) is 13.5. The van der Waals surface area contributed by atoms with E-state index in [-0.39, 0.29) is 17.2 Å². The summed E-state index contributed by atoms with van der Waals surface area (Å²) in [6.07, 6.45) is 0. The number of hydrogen-bond donors (Lipinski definition) is 2. The number of benzene rings is 1. The molecule has 0 spiro atoms. The fourth-order valence-corrected chi connectivity index (χ4v) is 2.43. The van der Waals surface area contributed by atoms with Crippen molar-refractivity contribution in [3.63, 3.8) is 0 Å². The van der Waals surface area contributed by atoms with E-state index in [1.165, 1.54) is 7.11 Å². The van der Waals surface area contributed by atoms with Crippen molar-refractivity contribution in [1.82, 2.24) is 0 Å². The van der Waals surface area contributed by atoms with Gasteiger partial charge in [0.2, 0.25) is 0 Å². The van der Waals surface area contributed by atoms with Crippen LogP contribution in [0.2, 0.25) is 0 Å². The van der Waals surface area contributed by atoms with Gasteiger partial charge in [0.05, 0.1) is 11.6 Å². The van der Waals surface area contributed by atoms with Gasteiger partial charge in [0.25, 0.3) is 0 Å². The van der Waals surface area contributed by atoms with Crippen molar-refractivity contribution >= 4 is 31.9 Å². The molecule has 3 N–H and O–H groups in total. The molecule has 0 heterocycles. The first-order valence-electron chi connectivity index (χ1n) is 5.20. The average molecular weight is 367 g/mol. The fraction of sp³-hybridized carbons (Fsp3) is 0.500. The SMILES string of the molecule is COc1cc([C@@H](N)C(C)(C)C)c(Br)c(Br)c1O. The monoisotopic (exact) mass is 365 g/mol. The maximum atomic E-state index is 9.84. The molecule has 0 amide bonds. The third-order valence-corrected chi connectivity index (χ3v) is 4.82. The molecule has 0 saturated heterocycles. The lowest BCUT2D eigenvalue weighted by atomic mass is 9.83. The zero-order valence-electron chi connectivity index (χ0n) is 10.3. The lowest BCUT2D eigenvalue weighted by Crippen LogP contribution is -2.26. The van der Waals surface area contributed by atoms with Crippen molar-refractivity contribution in [2.24, 2.45) is 11.1 Å². The van der Waals surface area contributed by atoms with Gasteiger partial charge in [0.15, 0.2) is 11.5 Å². The highest BCUT2D eigenvalue weighted by Gasteiger charge is 2.27. The minimum Gasteiger partial charge on any atom is -0.503 e. The van der Waals surface area contributed by atoms with Crippen molar-refractivity contribution in [2.75, 3.05) is 7.11 Å². The summed E-state index contributed by atoms with van der Waals surface area (Å²) in [5.41, 5.74) is 7.05. The number of hydrogen-bond acceptors (Lipinski definition) is 3. The van der Waals surface area contributed by atoms with Crippen LogP contribution in [-0.4, -0.2) is 12.2 Å². The van der Waals surface area contributed by atoms with Crippen molar-refractivity contribution < 1.29 is 9.84 Å². The Labute approximate surface area is 119 Å². The molecule has 0 aromatic heterocycles. The normalized spacial score (nSPS) is 13.6. The molecule has 0 fully saturated rings. The molecular weight excluding hydrogens is 350 g/mol. The van der Waals surface area contributed by atoms with Gasteiger partial charge in [-0.05, 0) is 48.9 Å². The second kappa shape index (κ2) is 5.16. The summed E-state index contributed by atoms with van der Waals surface area (Å²) >= 11 is 6.77. The van der Waals surface area contributed by atoms with Crippen molar-refractivity contribution in [2.45, 2.75) is 26.8 Å². The quantitative estimate of drug-likeness (QED) is 0.832. The smallest absolute Gasteiger partial charge is 0.173 e. The number of aromatic hydroxyl groups is 1. The lowest BCUT2D eigenvalue weighted by molar-refractivity contribution is 0.322.